The van der Waals surface area contributed by atoms with Gasteiger partial charge in [-0.05, 0) is 36.4 Å². The van der Waals surface area contributed by atoms with E-state index < -0.39 is 11.7 Å². The maximum atomic E-state index is 12.1. The van der Waals surface area contributed by atoms with Crippen LogP contribution in [0.25, 0.3) is 0 Å². The number of hydrazone groups is 1. The van der Waals surface area contributed by atoms with Crippen LogP contribution in [0.2, 0.25) is 0 Å². The van der Waals surface area contributed by atoms with Crippen molar-refractivity contribution in [2.24, 2.45) is 5.10 Å². The van der Waals surface area contributed by atoms with Crippen molar-refractivity contribution in [1.82, 2.24) is 5.43 Å². The third kappa shape index (κ3) is 3.65. The lowest BCUT2D eigenvalue weighted by atomic mass is 10.0. The average molecular weight is 406 g/mol. The zero-order valence-electron chi connectivity index (χ0n) is 12.4. The number of amidine groups is 1. The van der Waals surface area contributed by atoms with Crippen LogP contribution in [0.1, 0.15) is 0 Å². The molecule has 1 N–H and O–H groups in total. The summed E-state index contributed by atoms with van der Waals surface area (Å²) in [4.78, 5) is 37.0. The maximum absolute atomic E-state index is 12.1. The van der Waals surface area contributed by atoms with Gasteiger partial charge in [0.2, 0.25) is 0 Å². The van der Waals surface area contributed by atoms with E-state index in [0.717, 1.165) is 40.7 Å². The van der Waals surface area contributed by atoms with Gasteiger partial charge in [0, 0.05) is 28.5 Å². The van der Waals surface area contributed by atoms with Gasteiger partial charge in [0.15, 0.2) is 16.7 Å². The number of nitrogens with zero attached hydrogens (tertiary/aromatic N) is 2. The number of ketones is 2. The Morgan fingerprint density at radius 3 is 2.71 bits per heavy atom. The summed E-state index contributed by atoms with van der Waals surface area (Å²) < 4.78 is 0.977. The Bertz CT molecular complexity index is 799. The zero-order chi connectivity index (χ0) is 17.1. The van der Waals surface area contributed by atoms with Crippen molar-refractivity contribution in [1.29, 1.82) is 0 Å². The van der Waals surface area contributed by atoms with E-state index in [1.165, 1.54) is 11.8 Å². The van der Waals surface area contributed by atoms with Crippen molar-refractivity contribution in [3.63, 3.8) is 0 Å². The molecular weight excluding hydrogens is 394 g/mol. The van der Waals surface area contributed by atoms with Crippen LogP contribution >= 0.6 is 27.7 Å². The van der Waals surface area contributed by atoms with Crippen molar-refractivity contribution in [3.8, 4) is 0 Å². The van der Waals surface area contributed by atoms with Crippen LogP contribution in [0.5, 0.6) is 0 Å². The first-order valence-corrected chi connectivity index (χ1v) is 8.84. The number of halogens is 1. The van der Waals surface area contributed by atoms with Crippen molar-refractivity contribution < 1.29 is 14.4 Å². The Morgan fingerprint density at radius 1 is 1.21 bits per heavy atom. The summed E-state index contributed by atoms with van der Waals surface area (Å²) in [6.45, 7) is 0.768. The second-order valence-electron chi connectivity index (χ2n) is 4.97. The summed E-state index contributed by atoms with van der Waals surface area (Å²) in [5.41, 5.74) is 3.12. The summed E-state index contributed by atoms with van der Waals surface area (Å²) in [5, 5.41) is 4.74. The minimum atomic E-state index is -0.687. The molecule has 3 rings (SSSR count). The van der Waals surface area contributed by atoms with E-state index in [0.29, 0.717) is 5.17 Å². The first-order chi connectivity index (χ1) is 11.5. The monoisotopic (exact) mass is 405 g/mol. The highest BCUT2D eigenvalue weighted by Crippen LogP contribution is 2.26. The lowest BCUT2D eigenvalue weighted by molar-refractivity contribution is -0.122. The predicted octanol–water partition coefficient (Wildman–Crippen LogP) is 2.02. The van der Waals surface area contributed by atoms with E-state index in [1.807, 2.05) is 29.2 Å². The molecule has 0 atom stereocenters. The fourth-order valence-electron chi connectivity index (χ4n) is 2.20. The maximum Gasteiger partial charge on any atom is 0.275 e. The highest BCUT2D eigenvalue weighted by molar-refractivity contribution is 9.10. The highest BCUT2D eigenvalue weighted by atomic mass is 79.9. The number of amides is 1. The van der Waals surface area contributed by atoms with Gasteiger partial charge >= 0.3 is 0 Å². The number of benzene rings is 1. The number of allylic oxidation sites excluding steroid dienone is 3. The fraction of sp³-hybridized carbons (Fsp3) is 0.125. The van der Waals surface area contributed by atoms with Crippen LogP contribution in [0, 0.1) is 0 Å². The van der Waals surface area contributed by atoms with Gasteiger partial charge < -0.3 is 4.90 Å². The Hall–Kier alpha value is -2.19. The smallest absolute Gasteiger partial charge is 0.275 e. The van der Waals surface area contributed by atoms with Gasteiger partial charge in [0.05, 0.1) is 5.57 Å². The van der Waals surface area contributed by atoms with Crippen LogP contribution in [-0.4, -0.2) is 34.9 Å². The Labute approximate surface area is 150 Å². The first kappa shape index (κ1) is 16.7. The molecule has 0 bridgehead atoms. The van der Waals surface area contributed by atoms with E-state index in [2.05, 4.69) is 26.5 Å². The standard InChI is InChI=1S/C16H12BrN3O3S/c17-10-1-3-11(4-2-10)20-7-8-24-16(20)19-18-15(23)13-9-12(21)5-6-14(13)22/h1-6,9H,7-8H2,(H,18,23)/b19-16+. The summed E-state index contributed by atoms with van der Waals surface area (Å²) in [6.07, 6.45) is 3.24. The van der Waals surface area contributed by atoms with E-state index >= 15 is 0 Å². The molecule has 6 nitrogen and oxygen atoms in total. The van der Waals surface area contributed by atoms with E-state index in [4.69, 9.17) is 0 Å². The summed E-state index contributed by atoms with van der Waals surface area (Å²) >= 11 is 4.89. The fourth-order valence-corrected chi connectivity index (χ4v) is 3.38. The number of hydrogen-bond acceptors (Lipinski definition) is 5. The molecule has 122 valence electrons. The quantitative estimate of drug-likeness (QED) is 0.472. The minimum absolute atomic E-state index is 0.204. The molecule has 0 aromatic heterocycles. The molecule has 0 saturated carbocycles. The second kappa shape index (κ2) is 7.14. The second-order valence-corrected chi connectivity index (χ2v) is 6.95. The topological polar surface area (TPSA) is 78.8 Å². The Morgan fingerprint density at radius 2 is 1.96 bits per heavy atom. The molecule has 1 aromatic carbocycles. The molecule has 1 aliphatic heterocycles. The number of thioether (sulfide) groups is 1. The summed E-state index contributed by atoms with van der Waals surface area (Å²) in [5.74, 6) is -0.739. The molecule has 1 saturated heterocycles. The van der Waals surface area contributed by atoms with Crippen LogP contribution in [-0.2, 0) is 14.4 Å². The molecular formula is C16H12BrN3O3S. The van der Waals surface area contributed by atoms with Gasteiger partial charge in [-0.2, -0.15) is 0 Å². The number of carbonyl (C=O) groups excluding carboxylic acids is 3. The predicted molar refractivity (Wildman–Crippen MR) is 96.8 cm³/mol. The van der Waals surface area contributed by atoms with Gasteiger partial charge in [-0.3, -0.25) is 14.4 Å². The number of nitrogens with one attached hydrogen (secondary N) is 1. The summed E-state index contributed by atoms with van der Waals surface area (Å²) in [6, 6.07) is 7.75. The molecule has 2 aliphatic rings. The molecule has 0 unspecified atom stereocenters. The number of anilines is 1. The third-order valence-electron chi connectivity index (χ3n) is 3.36. The normalized spacial score (nSPS) is 19.0. The van der Waals surface area contributed by atoms with Gasteiger partial charge in [0.1, 0.15) is 0 Å². The molecule has 24 heavy (non-hydrogen) atoms. The van der Waals surface area contributed by atoms with E-state index in [9.17, 15) is 14.4 Å². The van der Waals surface area contributed by atoms with Crippen LogP contribution in [0.15, 0.2) is 57.6 Å². The Kier molecular flexibility index (Phi) is 4.96. The molecule has 1 fully saturated rings. The molecule has 1 amide bonds. The molecule has 0 spiro atoms. The van der Waals surface area contributed by atoms with E-state index in [-0.39, 0.29) is 11.4 Å². The van der Waals surface area contributed by atoms with E-state index in [1.54, 1.807) is 0 Å². The van der Waals surface area contributed by atoms with Gasteiger partial charge in [-0.1, -0.05) is 27.7 Å². The molecule has 1 aliphatic carbocycles. The van der Waals surface area contributed by atoms with Gasteiger partial charge in [-0.15, -0.1) is 5.10 Å². The largest absolute Gasteiger partial charge is 0.319 e. The lowest BCUT2D eigenvalue weighted by Crippen LogP contribution is -2.30. The number of hydrogen-bond donors (Lipinski definition) is 1. The molecule has 8 heteroatoms. The van der Waals surface area contributed by atoms with Crippen molar-refractivity contribution in [3.05, 3.63) is 52.5 Å². The molecule has 1 heterocycles. The number of rotatable bonds is 3. The van der Waals surface area contributed by atoms with Gasteiger partial charge in [0.25, 0.3) is 5.91 Å². The van der Waals surface area contributed by atoms with Crippen LogP contribution in [0.4, 0.5) is 5.69 Å². The SMILES string of the molecule is O=C1C=CC(=O)C(C(=O)N/N=C2/SCCN2c2ccc(Br)cc2)=C1. The summed E-state index contributed by atoms with van der Waals surface area (Å²) in [7, 11) is 0. The number of carbonyl (C=O) groups is 3. The van der Waals surface area contributed by atoms with Crippen LogP contribution in [0.3, 0.4) is 0 Å². The molecule has 0 radical (unpaired) electrons. The highest BCUT2D eigenvalue weighted by Gasteiger charge is 2.23. The Balaban J connectivity index is 1.73. The average Bonchev–Trinajstić information content (AvgIpc) is 3.04. The third-order valence-corrected chi connectivity index (χ3v) is 4.85. The zero-order valence-corrected chi connectivity index (χ0v) is 14.8. The van der Waals surface area contributed by atoms with Crippen LogP contribution < -0.4 is 10.3 Å². The van der Waals surface area contributed by atoms with Crippen molar-refractivity contribution in [2.45, 2.75) is 0 Å². The molecule has 1 aromatic rings. The first-order valence-electron chi connectivity index (χ1n) is 7.06. The lowest BCUT2D eigenvalue weighted by Gasteiger charge is -2.17. The van der Waals surface area contributed by atoms with Gasteiger partial charge in [-0.25, -0.2) is 5.43 Å². The minimum Gasteiger partial charge on any atom is -0.319 e. The van der Waals surface area contributed by atoms with Crippen molar-refractivity contribution >= 4 is 56.0 Å². The van der Waals surface area contributed by atoms with Crippen molar-refractivity contribution in [2.75, 3.05) is 17.2 Å².